The predicted molar refractivity (Wildman–Crippen MR) is 84.8 cm³/mol. The molecule has 4 rings (SSSR count). The second kappa shape index (κ2) is 5.65. The first kappa shape index (κ1) is 14.2. The van der Waals surface area contributed by atoms with E-state index in [1.54, 1.807) is 4.90 Å². The molecule has 3 aliphatic rings. The van der Waals surface area contributed by atoms with Crippen LogP contribution in [0.3, 0.4) is 0 Å². The van der Waals surface area contributed by atoms with Crippen molar-refractivity contribution in [2.75, 3.05) is 11.4 Å². The molecule has 1 aromatic heterocycles. The van der Waals surface area contributed by atoms with Crippen molar-refractivity contribution >= 4 is 28.3 Å². The number of nitrogens with zero attached hydrogens (tertiary/aromatic N) is 2. The molecule has 3 fully saturated rings. The van der Waals surface area contributed by atoms with E-state index in [9.17, 15) is 9.59 Å². The first-order valence-corrected chi connectivity index (χ1v) is 9.13. The average molecular weight is 319 g/mol. The smallest absolute Gasteiger partial charge is 0.228 e. The standard InChI is InChI=1S/C16H21N3O2S/c20-13(18-15(10-3-4-10)11-5-6-11)8-12-9-22-16(17-12)19-7-1-2-14(19)21/h9-11,15H,1-8H2,(H,18,20). The Bertz CT molecular complexity index is 580. The summed E-state index contributed by atoms with van der Waals surface area (Å²) < 4.78 is 0. The van der Waals surface area contributed by atoms with Crippen LogP contribution in [0, 0.1) is 11.8 Å². The largest absolute Gasteiger partial charge is 0.352 e. The number of amides is 2. The third-order valence-electron chi connectivity index (χ3n) is 4.77. The number of carbonyl (C=O) groups excluding carboxylic acids is 2. The number of carbonyl (C=O) groups is 2. The Hall–Kier alpha value is -1.43. The molecular weight excluding hydrogens is 298 g/mol. The van der Waals surface area contributed by atoms with Gasteiger partial charge in [0.15, 0.2) is 5.13 Å². The third-order valence-corrected chi connectivity index (χ3v) is 5.69. The minimum Gasteiger partial charge on any atom is -0.352 e. The van der Waals surface area contributed by atoms with Crippen LogP contribution in [0.25, 0.3) is 0 Å². The van der Waals surface area contributed by atoms with Gasteiger partial charge in [0.1, 0.15) is 0 Å². The fraction of sp³-hybridized carbons (Fsp3) is 0.688. The number of rotatable bonds is 6. The van der Waals surface area contributed by atoms with Gasteiger partial charge in [-0.1, -0.05) is 0 Å². The van der Waals surface area contributed by atoms with E-state index in [1.807, 2.05) is 5.38 Å². The number of anilines is 1. The van der Waals surface area contributed by atoms with Gasteiger partial charge in [0.05, 0.1) is 12.1 Å². The topological polar surface area (TPSA) is 62.3 Å². The first-order chi connectivity index (χ1) is 10.7. The van der Waals surface area contributed by atoms with Crippen molar-refractivity contribution in [3.8, 4) is 0 Å². The summed E-state index contributed by atoms with van der Waals surface area (Å²) in [6.45, 7) is 0.753. The van der Waals surface area contributed by atoms with Crippen molar-refractivity contribution in [1.82, 2.24) is 10.3 Å². The summed E-state index contributed by atoms with van der Waals surface area (Å²) in [5.74, 6) is 1.65. The van der Waals surface area contributed by atoms with Crippen LogP contribution >= 0.6 is 11.3 Å². The molecule has 2 heterocycles. The summed E-state index contributed by atoms with van der Waals surface area (Å²) in [5.41, 5.74) is 0.780. The molecule has 0 aromatic carbocycles. The maximum atomic E-state index is 12.3. The lowest BCUT2D eigenvalue weighted by Gasteiger charge is -2.17. The fourth-order valence-corrected chi connectivity index (χ4v) is 4.15. The van der Waals surface area contributed by atoms with E-state index in [2.05, 4.69) is 10.3 Å². The Balaban J connectivity index is 1.35. The maximum absolute atomic E-state index is 12.3. The molecule has 1 aliphatic heterocycles. The van der Waals surface area contributed by atoms with Crippen LogP contribution in [0.4, 0.5) is 5.13 Å². The van der Waals surface area contributed by atoms with Gasteiger partial charge in [0.25, 0.3) is 0 Å². The van der Waals surface area contributed by atoms with Gasteiger partial charge < -0.3 is 5.32 Å². The SMILES string of the molecule is O=C(Cc1csc(N2CCCC2=O)n1)NC(C1CC1)C1CC1. The van der Waals surface area contributed by atoms with Crippen LogP contribution in [-0.4, -0.2) is 29.4 Å². The highest BCUT2D eigenvalue weighted by Gasteiger charge is 2.42. The molecule has 0 spiro atoms. The Morgan fingerprint density at radius 3 is 2.68 bits per heavy atom. The fourth-order valence-electron chi connectivity index (χ4n) is 3.28. The molecule has 0 atom stereocenters. The quantitative estimate of drug-likeness (QED) is 0.873. The van der Waals surface area contributed by atoms with Crippen molar-refractivity contribution in [1.29, 1.82) is 0 Å². The molecule has 0 unspecified atom stereocenters. The Kier molecular flexibility index (Phi) is 3.64. The highest BCUT2D eigenvalue weighted by molar-refractivity contribution is 7.14. The maximum Gasteiger partial charge on any atom is 0.228 e. The van der Waals surface area contributed by atoms with E-state index in [-0.39, 0.29) is 11.8 Å². The highest BCUT2D eigenvalue weighted by atomic mass is 32.1. The molecule has 1 saturated heterocycles. The van der Waals surface area contributed by atoms with Crippen molar-refractivity contribution in [2.24, 2.45) is 11.8 Å². The van der Waals surface area contributed by atoms with E-state index >= 15 is 0 Å². The average Bonchev–Trinajstić information content (AvgIpc) is 3.41. The zero-order valence-corrected chi connectivity index (χ0v) is 13.4. The number of aromatic nitrogens is 1. The third kappa shape index (κ3) is 3.02. The molecule has 0 bridgehead atoms. The van der Waals surface area contributed by atoms with Crippen molar-refractivity contribution < 1.29 is 9.59 Å². The van der Waals surface area contributed by atoms with Crippen LogP contribution in [-0.2, 0) is 16.0 Å². The Morgan fingerprint density at radius 2 is 2.09 bits per heavy atom. The molecule has 0 radical (unpaired) electrons. The molecule has 1 aromatic rings. The molecule has 118 valence electrons. The van der Waals surface area contributed by atoms with Gasteiger partial charge in [-0.25, -0.2) is 4.98 Å². The van der Waals surface area contributed by atoms with Gasteiger partial charge in [0.2, 0.25) is 11.8 Å². The molecular formula is C16H21N3O2S. The van der Waals surface area contributed by atoms with Crippen LogP contribution in [0.2, 0.25) is 0 Å². The molecule has 22 heavy (non-hydrogen) atoms. The lowest BCUT2D eigenvalue weighted by molar-refractivity contribution is -0.121. The van der Waals surface area contributed by atoms with Gasteiger partial charge in [-0.3, -0.25) is 14.5 Å². The normalized spacial score (nSPS) is 21.7. The second-order valence-corrected chi connectivity index (χ2v) is 7.55. The summed E-state index contributed by atoms with van der Waals surface area (Å²) in [6.07, 6.45) is 6.89. The zero-order chi connectivity index (χ0) is 15.1. The molecule has 5 nitrogen and oxygen atoms in total. The zero-order valence-electron chi connectivity index (χ0n) is 12.6. The highest BCUT2D eigenvalue weighted by Crippen LogP contribution is 2.44. The van der Waals surface area contributed by atoms with E-state index in [0.717, 1.165) is 23.8 Å². The molecule has 2 saturated carbocycles. The summed E-state index contributed by atoms with van der Waals surface area (Å²) in [7, 11) is 0. The lowest BCUT2D eigenvalue weighted by atomic mass is 10.1. The van der Waals surface area contributed by atoms with Gasteiger partial charge in [-0.05, 0) is 43.9 Å². The van der Waals surface area contributed by atoms with Crippen molar-refractivity contribution in [2.45, 2.75) is 51.0 Å². The molecule has 6 heteroatoms. The van der Waals surface area contributed by atoms with Crippen molar-refractivity contribution in [3.05, 3.63) is 11.1 Å². The van der Waals surface area contributed by atoms with E-state index in [4.69, 9.17) is 0 Å². The van der Waals surface area contributed by atoms with Crippen LogP contribution in [0.5, 0.6) is 0 Å². The number of hydrogen-bond donors (Lipinski definition) is 1. The summed E-state index contributed by atoms with van der Waals surface area (Å²) in [5, 5.41) is 5.87. The van der Waals surface area contributed by atoms with Gasteiger partial charge in [-0.2, -0.15) is 0 Å². The minimum atomic E-state index is 0.0772. The van der Waals surface area contributed by atoms with Crippen LogP contribution in [0.15, 0.2) is 5.38 Å². The van der Waals surface area contributed by atoms with Crippen molar-refractivity contribution in [3.63, 3.8) is 0 Å². The van der Waals surface area contributed by atoms with E-state index in [0.29, 0.717) is 30.7 Å². The van der Waals surface area contributed by atoms with Gasteiger partial charge in [0, 0.05) is 24.4 Å². The lowest BCUT2D eigenvalue weighted by Crippen LogP contribution is -2.39. The number of hydrogen-bond acceptors (Lipinski definition) is 4. The molecule has 1 N–H and O–H groups in total. The molecule has 2 amide bonds. The predicted octanol–water partition coefficient (Wildman–Crippen LogP) is 2.12. The monoisotopic (exact) mass is 319 g/mol. The number of nitrogens with one attached hydrogen (secondary N) is 1. The second-order valence-electron chi connectivity index (χ2n) is 6.72. The van der Waals surface area contributed by atoms with Crippen LogP contribution in [0.1, 0.15) is 44.2 Å². The Morgan fingerprint density at radius 1 is 1.36 bits per heavy atom. The van der Waals surface area contributed by atoms with Crippen LogP contribution < -0.4 is 10.2 Å². The summed E-state index contributed by atoms with van der Waals surface area (Å²) in [4.78, 5) is 30.2. The summed E-state index contributed by atoms with van der Waals surface area (Å²) >= 11 is 1.46. The first-order valence-electron chi connectivity index (χ1n) is 8.25. The minimum absolute atomic E-state index is 0.0772. The number of thiazole rings is 1. The Labute approximate surface area is 134 Å². The van der Waals surface area contributed by atoms with Gasteiger partial charge >= 0.3 is 0 Å². The van der Waals surface area contributed by atoms with E-state index in [1.165, 1.54) is 37.0 Å². The van der Waals surface area contributed by atoms with E-state index < -0.39 is 0 Å². The molecule has 2 aliphatic carbocycles. The van der Waals surface area contributed by atoms with Gasteiger partial charge in [-0.15, -0.1) is 11.3 Å². The summed E-state index contributed by atoms with van der Waals surface area (Å²) in [6, 6.07) is 0.394.